The summed E-state index contributed by atoms with van der Waals surface area (Å²) in [6, 6.07) is 0. The second-order valence-corrected chi connectivity index (χ2v) is 4.10. The number of rotatable bonds is 1. The van der Waals surface area contributed by atoms with Crippen molar-refractivity contribution in [2.45, 2.75) is 6.92 Å². The van der Waals surface area contributed by atoms with Gasteiger partial charge in [-0.05, 0) is 6.92 Å². The smallest absolute Gasteiger partial charge is 0.264 e. The second-order valence-electron chi connectivity index (χ2n) is 2.70. The molecular weight excluding hydrogens is 176 g/mol. The molecule has 4 nitrogen and oxygen atoms in total. The topological polar surface area (TPSA) is 49.4 Å². The molecule has 0 aromatic heterocycles. The standard InChI is InChI=1S/C7H12N2O2S/c1-5-6(12(3)11)4-8-9(2)7(5)10/h8H,4H2,1-3H3. The quantitative estimate of drug-likeness (QED) is 0.610. The van der Waals surface area contributed by atoms with Crippen molar-refractivity contribution in [1.29, 1.82) is 0 Å². The molecule has 0 spiro atoms. The second kappa shape index (κ2) is 3.37. The Labute approximate surface area is 74.0 Å². The Morgan fingerprint density at radius 2 is 2.17 bits per heavy atom. The average molecular weight is 188 g/mol. The van der Waals surface area contributed by atoms with E-state index in [1.165, 1.54) is 5.01 Å². The van der Waals surface area contributed by atoms with Crippen molar-refractivity contribution < 1.29 is 9.00 Å². The van der Waals surface area contributed by atoms with E-state index in [0.717, 1.165) is 0 Å². The summed E-state index contributed by atoms with van der Waals surface area (Å²) in [5, 5.41) is 1.41. The number of hydrogen-bond acceptors (Lipinski definition) is 3. The van der Waals surface area contributed by atoms with Gasteiger partial charge < -0.3 is 0 Å². The molecule has 1 aliphatic rings. The lowest BCUT2D eigenvalue weighted by molar-refractivity contribution is -0.129. The van der Waals surface area contributed by atoms with Crippen molar-refractivity contribution >= 4 is 16.7 Å². The summed E-state index contributed by atoms with van der Waals surface area (Å²) in [5.74, 6) is -0.105. The molecule has 1 rings (SSSR count). The predicted molar refractivity (Wildman–Crippen MR) is 47.5 cm³/mol. The first-order valence-electron chi connectivity index (χ1n) is 3.58. The molecule has 1 atom stereocenters. The van der Waals surface area contributed by atoms with Crippen molar-refractivity contribution in [1.82, 2.24) is 10.4 Å². The SMILES string of the molecule is CC1=C(S(C)=O)CNN(C)C1=O. The van der Waals surface area contributed by atoms with Crippen LogP contribution >= 0.6 is 0 Å². The molecule has 1 N–H and O–H groups in total. The van der Waals surface area contributed by atoms with Crippen molar-refractivity contribution in [3.05, 3.63) is 10.5 Å². The number of hydrogen-bond donors (Lipinski definition) is 1. The maximum Gasteiger partial charge on any atom is 0.264 e. The third kappa shape index (κ3) is 1.56. The van der Waals surface area contributed by atoms with E-state index in [1.807, 2.05) is 0 Å². The summed E-state index contributed by atoms with van der Waals surface area (Å²) < 4.78 is 11.1. The van der Waals surface area contributed by atoms with Crippen LogP contribution in [0.25, 0.3) is 0 Å². The summed E-state index contributed by atoms with van der Waals surface area (Å²) in [6.07, 6.45) is 1.58. The fourth-order valence-corrected chi connectivity index (χ4v) is 1.87. The van der Waals surface area contributed by atoms with Crippen molar-refractivity contribution in [3.63, 3.8) is 0 Å². The van der Waals surface area contributed by atoms with Crippen LogP contribution in [0.15, 0.2) is 10.5 Å². The summed E-state index contributed by atoms with van der Waals surface area (Å²) >= 11 is 0. The van der Waals surface area contributed by atoms with Crippen molar-refractivity contribution in [2.24, 2.45) is 0 Å². The van der Waals surface area contributed by atoms with Gasteiger partial charge in [-0.3, -0.25) is 14.0 Å². The maximum absolute atomic E-state index is 11.3. The average Bonchev–Trinajstić information content (AvgIpc) is 2.00. The van der Waals surface area contributed by atoms with E-state index in [2.05, 4.69) is 5.43 Å². The van der Waals surface area contributed by atoms with Gasteiger partial charge in [-0.15, -0.1) is 0 Å². The number of likely N-dealkylation sites (N-methyl/N-ethyl adjacent to an activating group) is 1. The molecule has 1 aliphatic heterocycles. The number of hydrazine groups is 1. The largest absolute Gasteiger partial charge is 0.277 e. The number of amides is 1. The molecule has 1 unspecified atom stereocenters. The van der Waals surface area contributed by atoms with Crippen LogP contribution in [-0.4, -0.2) is 35.0 Å². The lowest BCUT2D eigenvalue weighted by Crippen LogP contribution is -2.45. The highest BCUT2D eigenvalue weighted by atomic mass is 32.2. The van der Waals surface area contributed by atoms with Gasteiger partial charge in [0.2, 0.25) is 0 Å². The monoisotopic (exact) mass is 188 g/mol. The molecule has 1 heterocycles. The Kier molecular flexibility index (Phi) is 2.64. The fraction of sp³-hybridized carbons (Fsp3) is 0.571. The minimum absolute atomic E-state index is 0.105. The predicted octanol–water partition coefficient (Wildman–Crippen LogP) is -0.385. The zero-order chi connectivity index (χ0) is 9.30. The minimum Gasteiger partial charge on any atom is -0.277 e. The molecule has 68 valence electrons. The van der Waals surface area contributed by atoms with Crippen LogP contribution in [0.3, 0.4) is 0 Å². The number of nitrogens with zero attached hydrogens (tertiary/aromatic N) is 1. The van der Waals surface area contributed by atoms with Gasteiger partial charge in [0.15, 0.2) is 0 Å². The van der Waals surface area contributed by atoms with E-state index in [0.29, 0.717) is 17.0 Å². The van der Waals surface area contributed by atoms with Gasteiger partial charge in [0, 0.05) is 41.1 Å². The Balaban J connectivity index is 3.01. The zero-order valence-corrected chi connectivity index (χ0v) is 8.20. The zero-order valence-electron chi connectivity index (χ0n) is 7.38. The minimum atomic E-state index is -1.05. The van der Waals surface area contributed by atoms with Crippen molar-refractivity contribution in [2.75, 3.05) is 19.8 Å². The van der Waals surface area contributed by atoms with Gasteiger partial charge in [0.1, 0.15) is 0 Å². The van der Waals surface area contributed by atoms with Crippen LogP contribution in [0, 0.1) is 0 Å². The molecule has 0 bridgehead atoms. The summed E-state index contributed by atoms with van der Waals surface area (Å²) in [4.78, 5) is 12.0. The molecule has 0 fully saturated rings. The Morgan fingerprint density at radius 3 is 2.67 bits per heavy atom. The maximum atomic E-state index is 11.3. The van der Waals surface area contributed by atoms with Crippen LogP contribution in [0.2, 0.25) is 0 Å². The highest BCUT2D eigenvalue weighted by molar-refractivity contribution is 7.88. The summed E-state index contributed by atoms with van der Waals surface area (Å²) in [7, 11) is 0.606. The van der Waals surface area contributed by atoms with Crippen LogP contribution in [0.5, 0.6) is 0 Å². The van der Waals surface area contributed by atoms with Gasteiger partial charge in [0.05, 0.1) is 0 Å². The molecule has 0 radical (unpaired) electrons. The van der Waals surface area contributed by atoms with Gasteiger partial charge in [-0.1, -0.05) is 0 Å². The third-order valence-electron chi connectivity index (χ3n) is 1.87. The van der Waals surface area contributed by atoms with Crippen LogP contribution in [0.4, 0.5) is 0 Å². The molecule has 1 amide bonds. The first-order chi connectivity index (χ1) is 5.54. The molecule has 0 saturated heterocycles. The molecule has 5 heteroatoms. The van der Waals surface area contributed by atoms with Gasteiger partial charge in [0.25, 0.3) is 5.91 Å². The summed E-state index contributed by atoms with van der Waals surface area (Å²) in [5.41, 5.74) is 3.42. The lowest BCUT2D eigenvalue weighted by Gasteiger charge is -2.25. The normalized spacial score (nSPS) is 21.6. The molecule has 0 aliphatic carbocycles. The number of carbonyl (C=O) groups excluding carboxylic acids is 1. The van der Waals surface area contributed by atoms with Crippen LogP contribution in [-0.2, 0) is 15.6 Å². The number of nitrogens with one attached hydrogen (secondary N) is 1. The van der Waals surface area contributed by atoms with E-state index >= 15 is 0 Å². The first kappa shape index (κ1) is 9.41. The highest BCUT2D eigenvalue weighted by Crippen LogP contribution is 2.12. The Hall–Kier alpha value is -0.680. The third-order valence-corrected chi connectivity index (χ3v) is 3.01. The van der Waals surface area contributed by atoms with Gasteiger partial charge in [-0.2, -0.15) is 0 Å². The number of carbonyl (C=O) groups is 1. The Bertz CT molecular complexity index is 273. The van der Waals surface area contributed by atoms with E-state index in [4.69, 9.17) is 0 Å². The highest BCUT2D eigenvalue weighted by Gasteiger charge is 2.22. The van der Waals surface area contributed by atoms with Crippen molar-refractivity contribution in [3.8, 4) is 0 Å². The van der Waals surface area contributed by atoms with E-state index in [9.17, 15) is 9.00 Å². The van der Waals surface area contributed by atoms with E-state index < -0.39 is 10.8 Å². The molecule has 0 saturated carbocycles. The molecule has 0 aromatic carbocycles. The van der Waals surface area contributed by atoms with E-state index in [-0.39, 0.29) is 5.91 Å². The van der Waals surface area contributed by atoms with Crippen LogP contribution < -0.4 is 5.43 Å². The molecular formula is C7H12N2O2S. The fourth-order valence-electron chi connectivity index (χ4n) is 1.08. The van der Waals surface area contributed by atoms with E-state index in [1.54, 1.807) is 20.2 Å². The first-order valence-corrected chi connectivity index (χ1v) is 5.14. The van der Waals surface area contributed by atoms with Crippen LogP contribution in [0.1, 0.15) is 6.92 Å². The molecule has 0 aromatic rings. The summed E-state index contributed by atoms with van der Waals surface area (Å²) in [6.45, 7) is 2.20. The molecule has 12 heavy (non-hydrogen) atoms. The van der Waals surface area contributed by atoms with Gasteiger partial charge in [-0.25, -0.2) is 5.43 Å². The Morgan fingerprint density at radius 1 is 1.58 bits per heavy atom. The van der Waals surface area contributed by atoms with Gasteiger partial charge >= 0.3 is 0 Å². The lowest BCUT2D eigenvalue weighted by atomic mass is 10.2.